The molecule has 126 valence electrons. The highest BCUT2D eigenvalue weighted by molar-refractivity contribution is 6.30. The van der Waals surface area contributed by atoms with Crippen LogP contribution in [0.25, 0.3) is 0 Å². The number of hydrogen-bond donors (Lipinski definition) is 0. The molecule has 0 heterocycles. The summed E-state index contributed by atoms with van der Waals surface area (Å²) in [6.45, 7) is 0.796. The minimum absolute atomic E-state index is 0.147. The molecule has 2 rings (SSSR count). The van der Waals surface area contributed by atoms with Gasteiger partial charge in [0.15, 0.2) is 0 Å². The molecule has 6 heteroatoms. The molecule has 0 aliphatic carbocycles. The molecule has 0 aliphatic heterocycles. The van der Waals surface area contributed by atoms with Gasteiger partial charge in [-0.1, -0.05) is 11.6 Å². The predicted octanol–water partition coefficient (Wildman–Crippen LogP) is 3.28. The molecule has 24 heavy (non-hydrogen) atoms. The minimum atomic E-state index is -0.432. The van der Waals surface area contributed by atoms with E-state index in [1.165, 1.54) is 7.11 Å². The standard InChI is InChI=1S/C18H18ClNO4/c1-20(11-12-24-16-9-7-15(19)8-10-16)17(21)13-3-5-14(6-4-13)18(22)23-2/h3-10H,11-12H2,1-2H3. The second-order valence-electron chi connectivity index (χ2n) is 5.10. The zero-order valence-electron chi connectivity index (χ0n) is 13.5. The summed E-state index contributed by atoms with van der Waals surface area (Å²) in [5, 5.41) is 0.644. The van der Waals surface area contributed by atoms with Gasteiger partial charge in [0, 0.05) is 17.6 Å². The summed E-state index contributed by atoms with van der Waals surface area (Å²) in [5.74, 6) is 0.118. The van der Waals surface area contributed by atoms with Crippen LogP contribution in [0.1, 0.15) is 20.7 Å². The molecule has 0 aliphatic rings. The van der Waals surface area contributed by atoms with Crippen LogP contribution in [0.3, 0.4) is 0 Å². The van der Waals surface area contributed by atoms with Crippen LogP contribution in [-0.4, -0.2) is 44.1 Å². The van der Waals surface area contributed by atoms with Crippen molar-refractivity contribution >= 4 is 23.5 Å². The molecule has 1 amide bonds. The summed E-state index contributed by atoms with van der Waals surface area (Å²) < 4.78 is 10.2. The molecule has 2 aromatic carbocycles. The second kappa shape index (κ2) is 8.36. The highest BCUT2D eigenvalue weighted by Crippen LogP contribution is 2.15. The number of amides is 1. The number of esters is 1. The number of rotatable bonds is 6. The van der Waals surface area contributed by atoms with E-state index >= 15 is 0 Å². The van der Waals surface area contributed by atoms with Crippen molar-refractivity contribution in [3.63, 3.8) is 0 Å². The van der Waals surface area contributed by atoms with Gasteiger partial charge in [0.25, 0.3) is 5.91 Å². The van der Waals surface area contributed by atoms with Crippen LogP contribution >= 0.6 is 11.6 Å². The number of ether oxygens (including phenoxy) is 2. The monoisotopic (exact) mass is 347 g/mol. The zero-order chi connectivity index (χ0) is 17.5. The van der Waals surface area contributed by atoms with Crippen molar-refractivity contribution in [1.82, 2.24) is 4.90 Å². The third-order valence-electron chi connectivity index (χ3n) is 3.41. The lowest BCUT2D eigenvalue weighted by atomic mass is 10.1. The van der Waals surface area contributed by atoms with E-state index in [-0.39, 0.29) is 5.91 Å². The average molecular weight is 348 g/mol. The lowest BCUT2D eigenvalue weighted by Gasteiger charge is -2.17. The van der Waals surface area contributed by atoms with E-state index in [0.29, 0.717) is 35.1 Å². The van der Waals surface area contributed by atoms with Gasteiger partial charge in [0.05, 0.1) is 19.2 Å². The van der Waals surface area contributed by atoms with Gasteiger partial charge >= 0.3 is 5.97 Å². The molecular weight excluding hydrogens is 330 g/mol. The topological polar surface area (TPSA) is 55.8 Å². The van der Waals surface area contributed by atoms with Crippen molar-refractivity contribution in [2.45, 2.75) is 0 Å². The number of nitrogens with zero attached hydrogens (tertiary/aromatic N) is 1. The van der Waals surface area contributed by atoms with Crippen LogP contribution in [0.2, 0.25) is 5.02 Å². The Morgan fingerprint density at radius 3 is 2.17 bits per heavy atom. The molecule has 0 fully saturated rings. The van der Waals surface area contributed by atoms with Gasteiger partial charge in [-0.2, -0.15) is 0 Å². The van der Waals surface area contributed by atoms with E-state index in [1.54, 1.807) is 60.5 Å². The molecule has 0 bridgehead atoms. The molecule has 0 saturated carbocycles. The SMILES string of the molecule is COC(=O)c1ccc(C(=O)N(C)CCOc2ccc(Cl)cc2)cc1. The maximum atomic E-state index is 12.3. The molecule has 0 atom stereocenters. The van der Waals surface area contributed by atoms with Crippen molar-refractivity contribution in [2.24, 2.45) is 0 Å². The molecule has 0 N–H and O–H groups in total. The number of methoxy groups -OCH3 is 1. The lowest BCUT2D eigenvalue weighted by Crippen LogP contribution is -2.30. The van der Waals surface area contributed by atoms with Crippen molar-refractivity contribution < 1.29 is 19.1 Å². The summed E-state index contributed by atoms with van der Waals surface area (Å²) in [6.07, 6.45) is 0. The van der Waals surface area contributed by atoms with Crippen LogP contribution in [0.4, 0.5) is 0 Å². The van der Waals surface area contributed by atoms with Crippen LogP contribution < -0.4 is 4.74 Å². The molecule has 0 spiro atoms. The first-order valence-electron chi connectivity index (χ1n) is 7.33. The van der Waals surface area contributed by atoms with E-state index in [1.807, 2.05) is 0 Å². The third-order valence-corrected chi connectivity index (χ3v) is 3.66. The zero-order valence-corrected chi connectivity index (χ0v) is 14.2. The first-order valence-corrected chi connectivity index (χ1v) is 7.71. The highest BCUT2D eigenvalue weighted by Gasteiger charge is 2.13. The lowest BCUT2D eigenvalue weighted by molar-refractivity contribution is 0.0600. The Kier molecular flexibility index (Phi) is 6.21. The van der Waals surface area contributed by atoms with Crippen molar-refractivity contribution in [1.29, 1.82) is 0 Å². The Morgan fingerprint density at radius 1 is 1.00 bits per heavy atom. The number of likely N-dealkylation sites (N-methyl/N-ethyl adjacent to an activating group) is 1. The smallest absolute Gasteiger partial charge is 0.337 e. The fourth-order valence-corrected chi connectivity index (χ4v) is 2.15. The van der Waals surface area contributed by atoms with Crippen LogP contribution in [0.15, 0.2) is 48.5 Å². The average Bonchev–Trinajstić information content (AvgIpc) is 2.62. The summed E-state index contributed by atoms with van der Waals surface area (Å²) in [5.41, 5.74) is 0.902. The van der Waals surface area contributed by atoms with Crippen LogP contribution in [0, 0.1) is 0 Å². The third kappa shape index (κ3) is 4.73. The van der Waals surface area contributed by atoms with Crippen molar-refractivity contribution in [2.75, 3.05) is 27.3 Å². The van der Waals surface area contributed by atoms with E-state index < -0.39 is 5.97 Å². The molecule has 0 saturated heterocycles. The maximum absolute atomic E-state index is 12.3. The first-order chi connectivity index (χ1) is 11.5. The van der Waals surface area contributed by atoms with Crippen molar-refractivity contribution in [3.05, 3.63) is 64.7 Å². The number of carbonyl (C=O) groups is 2. The molecule has 0 aromatic heterocycles. The molecule has 5 nitrogen and oxygen atoms in total. The maximum Gasteiger partial charge on any atom is 0.337 e. The Morgan fingerprint density at radius 2 is 1.58 bits per heavy atom. The normalized spacial score (nSPS) is 10.1. The van der Waals surface area contributed by atoms with Gasteiger partial charge in [-0.3, -0.25) is 4.79 Å². The van der Waals surface area contributed by atoms with Crippen LogP contribution in [-0.2, 0) is 4.74 Å². The van der Waals surface area contributed by atoms with E-state index in [2.05, 4.69) is 4.74 Å². The van der Waals surface area contributed by atoms with Crippen LogP contribution in [0.5, 0.6) is 5.75 Å². The Balaban J connectivity index is 1.87. The fraction of sp³-hybridized carbons (Fsp3) is 0.222. The molecule has 0 radical (unpaired) electrons. The van der Waals surface area contributed by atoms with Gasteiger partial charge in [-0.05, 0) is 48.5 Å². The minimum Gasteiger partial charge on any atom is -0.492 e. The Labute approximate surface area is 145 Å². The first kappa shape index (κ1) is 17.8. The largest absolute Gasteiger partial charge is 0.492 e. The number of hydrogen-bond acceptors (Lipinski definition) is 4. The highest BCUT2D eigenvalue weighted by atomic mass is 35.5. The van der Waals surface area contributed by atoms with Gasteiger partial charge in [-0.15, -0.1) is 0 Å². The summed E-state index contributed by atoms with van der Waals surface area (Å²) >= 11 is 5.81. The van der Waals surface area contributed by atoms with Gasteiger partial charge in [0.1, 0.15) is 12.4 Å². The van der Waals surface area contributed by atoms with Crippen molar-refractivity contribution in [3.8, 4) is 5.75 Å². The predicted molar refractivity (Wildman–Crippen MR) is 91.7 cm³/mol. The summed E-state index contributed by atoms with van der Waals surface area (Å²) in [7, 11) is 3.01. The number of halogens is 1. The van der Waals surface area contributed by atoms with Gasteiger partial charge in [0.2, 0.25) is 0 Å². The molecule has 0 unspecified atom stereocenters. The molecular formula is C18H18ClNO4. The van der Waals surface area contributed by atoms with Gasteiger partial charge in [-0.25, -0.2) is 4.79 Å². The number of benzene rings is 2. The van der Waals surface area contributed by atoms with E-state index in [0.717, 1.165) is 0 Å². The summed E-state index contributed by atoms with van der Waals surface area (Å²) in [6, 6.07) is 13.4. The van der Waals surface area contributed by atoms with E-state index in [9.17, 15) is 9.59 Å². The second-order valence-corrected chi connectivity index (χ2v) is 5.53. The molecule has 2 aromatic rings. The quantitative estimate of drug-likeness (QED) is 0.752. The Hall–Kier alpha value is -2.53. The fourth-order valence-electron chi connectivity index (χ4n) is 2.02. The Bertz CT molecular complexity index is 698. The summed E-state index contributed by atoms with van der Waals surface area (Å²) in [4.78, 5) is 25.3. The van der Waals surface area contributed by atoms with Gasteiger partial charge < -0.3 is 14.4 Å². The van der Waals surface area contributed by atoms with E-state index in [4.69, 9.17) is 16.3 Å². The number of carbonyl (C=O) groups excluding carboxylic acids is 2.